The summed E-state index contributed by atoms with van der Waals surface area (Å²) in [5.41, 5.74) is 10.5. The summed E-state index contributed by atoms with van der Waals surface area (Å²) < 4.78 is 0. The van der Waals surface area contributed by atoms with Crippen molar-refractivity contribution in [2.45, 2.75) is 53.4 Å². The molecule has 0 amide bonds. The van der Waals surface area contributed by atoms with Crippen molar-refractivity contribution in [3.05, 3.63) is 92.7 Å². The Bertz CT molecular complexity index is 1740. The summed E-state index contributed by atoms with van der Waals surface area (Å²) in [6.45, 7) is 11.9. The van der Waals surface area contributed by atoms with E-state index in [0.717, 1.165) is 51.3 Å². The smallest absolute Gasteiger partial charge is 0.303 e. The minimum Gasteiger partial charge on any atom is -0.481 e. The Kier molecular flexibility index (Phi) is 6.36. The van der Waals surface area contributed by atoms with E-state index in [1.807, 2.05) is 45.9 Å². The first-order valence-electron chi connectivity index (χ1n) is 13.9. The maximum absolute atomic E-state index is 13.3. The summed E-state index contributed by atoms with van der Waals surface area (Å²) in [5.74, 6) is -1.15. The van der Waals surface area contributed by atoms with Gasteiger partial charge in [0.15, 0.2) is 12.1 Å². The van der Waals surface area contributed by atoms with Crippen molar-refractivity contribution in [2.24, 2.45) is 31.8 Å². The van der Waals surface area contributed by atoms with Gasteiger partial charge in [0.1, 0.15) is 0 Å². The highest BCUT2D eigenvalue weighted by atomic mass is 16.4. The summed E-state index contributed by atoms with van der Waals surface area (Å²) in [5, 5.41) is 9.48. The van der Waals surface area contributed by atoms with Crippen LogP contribution in [-0.2, 0) is 14.4 Å². The molecule has 0 radical (unpaired) electrons. The summed E-state index contributed by atoms with van der Waals surface area (Å²) in [6, 6.07) is 0. The van der Waals surface area contributed by atoms with E-state index >= 15 is 0 Å². The van der Waals surface area contributed by atoms with Crippen molar-refractivity contribution in [1.82, 2.24) is 0 Å². The van der Waals surface area contributed by atoms with Gasteiger partial charge in [0.25, 0.3) is 0 Å². The zero-order chi connectivity index (χ0) is 29.2. The number of carboxylic acid groups (broad SMARTS) is 1. The van der Waals surface area contributed by atoms with Crippen LogP contribution in [0.5, 0.6) is 0 Å². The topological polar surface area (TPSA) is 121 Å². The lowest BCUT2D eigenvalue weighted by atomic mass is 9.84. The highest BCUT2D eigenvalue weighted by Crippen LogP contribution is 2.45. The Hall–Kier alpha value is -4.59. The highest BCUT2D eigenvalue weighted by Gasteiger charge is 2.42. The van der Waals surface area contributed by atoms with E-state index in [-0.39, 0.29) is 30.5 Å². The second-order valence-electron chi connectivity index (χ2n) is 11.0. The molecule has 0 aromatic rings. The lowest BCUT2D eigenvalue weighted by Gasteiger charge is -2.17. The van der Waals surface area contributed by atoms with Crippen LogP contribution in [0, 0.1) is 11.8 Å². The number of allylic oxidation sites excluding steroid dienone is 12. The third-order valence-electron chi connectivity index (χ3n) is 8.74. The maximum Gasteiger partial charge on any atom is 0.303 e. The molecule has 0 spiro atoms. The van der Waals surface area contributed by atoms with Crippen molar-refractivity contribution in [1.29, 1.82) is 0 Å². The highest BCUT2D eigenvalue weighted by molar-refractivity contribution is 6.38. The third kappa shape index (κ3) is 4.08. The van der Waals surface area contributed by atoms with E-state index in [1.165, 1.54) is 0 Å². The van der Waals surface area contributed by atoms with E-state index in [0.29, 0.717) is 52.5 Å². The van der Waals surface area contributed by atoms with Crippen molar-refractivity contribution in [3.8, 4) is 0 Å². The lowest BCUT2D eigenvalue weighted by Crippen LogP contribution is -2.17. The number of aliphatic carboxylic acids is 1. The first-order chi connectivity index (χ1) is 19.7. The summed E-state index contributed by atoms with van der Waals surface area (Å²) in [7, 11) is 0. The Morgan fingerprint density at radius 3 is 2.41 bits per heavy atom. The van der Waals surface area contributed by atoms with Gasteiger partial charge in [0.05, 0.1) is 39.9 Å². The van der Waals surface area contributed by atoms with E-state index in [2.05, 4.69) is 6.58 Å². The number of carbonyl (C=O) groups is 3. The van der Waals surface area contributed by atoms with Gasteiger partial charge in [-0.25, -0.2) is 15.0 Å². The van der Waals surface area contributed by atoms with Crippen molar-refractivity contribution < 1.29 is 19.5 Å². The molecule has 8 nitrogen and oxygen atoms in total. The largest absolute Gasteiger partial charge is 0.481 e. The first kappa shape index (κ1) is 26.6. The van der Waals surface area contributed by atoms with Gasteiger partial charge in [-0.1, -0.05) is 26.5 Å². The minimum absolute atomic E-state index is 0.00110. The van der Waals surface area contributed by atoms with Gasteiger partial charge in [-0.3, -0.25) is 19.4 Å². The zero-order valence-electron chi connectivity index (χ0n) is 23.5. The molecule has 5 heterocycles. The second kappa shape index (κ2) is 9.80. The monoisotopic (exact) mass is 546 g/mol. The fraction of sp³-hybridized carbons (Fsp3) is 0.303. The lowest BCUT2D eigenvalue weighted by molar-refractivity contribution is -0.137. The standard InChI is InChI=1S/C33H30N4O4/c1-6-18-15(3)23-11-24-16(4)20(8-9-30(40)41)32(36-24)21-10-29(39)31-17(5)25(37-33(21)31)12-27-19(7-2)22(14-38)28(35-27)13-26(18)34-23/h6,11-14,16,20H,1,7-10H2,2-5H3,(H,40,41). The molecule has 5 aliphatic heterocycles. The molecule has 206 valence electrons. The Balaban J connectivity index is 1.65. The first-order valence-corrected chi connectivity index (χ1v) is 13.9. The Morgan fingerprint density at radius 2 is 1.73 bits per heavy atom. The van der Waals surface area contributed by atoms with Gasteiger partial charge in [-0.15, -0.1) is 0 Å². The third-order valence-corrected chi connectivity index (χ3v) is 8.74. The van der Waals surface area contributed by atoms with Crippen LogP contribution in [0.4, 0.5) is 0 Å². The molecule has 1 saturated carbocycles. The average Bonchev–Trinajstić information content (AvgIpc) is 3.69. The molecular formula is C33H30N4O4. The van der Waals surface area contributed by atoms with E-state index in [9.17, 15) is 19.5 Å². The van der Waals surface area contributed by atoms with Gasteiger partial charge in [0.2, 0.25) is 0 Å². The molecule has 1 N–H and O–H groups in total. The number of hydrogen-bond acceptors (Lipinski definition) is 7. The zero-order valence-corrected chi connectivity index (χ0v) is 23.5. The van der Waals surface area contributed by atoms with Crippen LogP contribution in [0.3, 0.4) is 0 Å². The predicted octanol–water partition coefficient (Wildman–Crippen LogP) is 5.54. The number of Topliss-reactive ketones (excluding diaryl/α,β-unsaturated/α-hetero) is 1. The van der Waals surface area contributed by atoms with Crippen LogP contribution in [0.25, 0.3) is 0 Å². The van der Waals surface area contributed by atoms with Crippen LogP contribution in [0.15, 0.2) is 113 Å². The van der Waals surface area contributed by atoms with Crippen LogP contribution < -0.4 is 0 Å². The second-order valence-corrected chi connectivity index (χ2v) is 11.0. The van der Waals surface area contributed by atoms with Crippen molar-refractivity contribution >= 4 is 40.9 Å². The molecule has 6 rings (SSSR count). The molecule has 2 unspecified atom stereocenters. The number of nitrogens with zero attached hydrogens (tertiary/aromatic N) is 4. The quantitative estimate of drug-likeness (QED) is 0.440. The SMILES string of the molecule is C=CC1=C(C)C2=CC3=NC(=C4CC(=O)C5=C(C)C(=CC6=NC(=CC1=N2)C(C=O)=C6CC)N=C45)C(CCC(=O)O)C3C. The number of carbonyl (C=O) groups excluding carboxylic acids is 2. The molecule has 1 fully saturated rings. The van der Waals surface area contributed by atoms with Gasteiger partial charge >= 0.3 is 5.97 Å². The van der Waals surface area contributed by atoms with Gasteiger partial charge < -0.3 is 5.11 Å². The average molecular weight is 547 g/mol. The number of rotatable bonds is 6. The maximum atomic E-state index is 13.3. The molecule has 0 aromatic carbocycles. The number of hydrogen-bond donors (Lipinski definition) is 1. The molecule has 0 aromatic heterocycles. The molecule has 8 bridgehead atoms. The van der Waals surface area contributed by atoms with E-state index < -0.39 is 5.97 Å². The summed E-state index contributed by atoms with van der Waals surface area (Å²) >= 11 is 0. The van der Waals surface area contributed by atoms with Crippen LogP contribution >= 0.6 is 0 Å². The number of ketones is 1. The number of aldehydes is 1. The molecule has 6 aliphatic rings. The summed E-state index contributed by atoms with van der Waals surface area (Å²) in [4.78, 5) is 56.9. The normalized spacial score (nSPS) is 24.9. The molecule has 2 atom stereocenters. The van der Waals surface area contributed by atoms with E-state index in [1.54, 1.807) is 6.08 Å². The minimum atomic E-state index is -0.869. The Morgan fingerprint density at radius 1 is 1.02 bits per heavy atom. The van der Waals surface area contributed by atoms with Gasteiger partial charge in [0, 0.05) is 52.7 Å². The molecule has 41 heavy (non-hydrogen) atoms. The molecule has 0 saturated heterocycles. The Labute approximate surface area is 238 Å². The van der Waals surface area contributed by atoms with Gasteiger partial charge in [-0.05, 0) is 61.6 Å². The summed E-state index contributed by atoms with van der Waals surface area (Å²) in [6.07, 6.45) is 9.38. The number of fused-ring (bicyclic) bond motifs is 4. The van der Waals surface area contributed by atoms with Crippen molar-refractivity contribution in [3.63, 3.8) is 0 Å². The molecule has 1 aliphatic carbocycles. The number of aliphatic imine (C=N–C) groups is 4. The van der Waals surface area contributed by atoms with Crippen LogP contribution in [-0.4, -0.2) is 46.0 Å². The van der Waals surface area contributed by atoms with Crippen LogP contribution in [0.2, 0.25) is 0 Å². The van der Waals surface area contributed by atoms with E-state index in [4.69, 9.17) is 20.0 Å². The van der Waals surface area contributed by atoms with Crippen LogP contribution in [0.1, 0.15) is 53.4 Å². The number of carboxylic acids is 1. The molecule has 8 heteroatoms. The van der Waals surface area contributed by atoms with Crippen molar-refractivity contribution in [2.75, 3.05) is 0 Å². The molecular weight excluding hydrogens is 516 g/mol. The fourth-order valence-corrected chi connectivity index (χ4v) is 6.49. The fourth-order valence-electron chi connectivity index (χ4n) is 6.49. The predicted molar refractivity (Wildman–Crippen MR) is 159 cm³/mol. The van der Waals surface area contributed by atoms with Gasteiger partial charge in [-0.2, -0.15) is 0 Å².